The van der Waals surface area contributed by atoms with E-state index in [2.05, 4.69) is 12.2 Å². The Morgan fingerprint density at radius 1 is 0.667 bits per heavy atom. The molecule has 1 amide bonds. The summed E-state index contributed by atoms with van der Waals surface area (Å²) in [6.45, 7) is 2.09. The van der Waals surface area contributed by atoms with E-state index < -0.39 is 25.6 Å². The Hall–Kier alpha value is -3.76. The number of carbonyl (C=O) groups is 1. The first-order valence-corrected chi connectivity index (χ1v) is 19.5. The van der Waals surface area contributed by atoms with Gasteiger partial charge in [-0.1, -0.05) is 0 Å². The number of methoxy groups -OCH3 is 9. The van der Waals surface area contributed by atoms with E-state index in [1.165, 1.54) is 0 Å². The Kier molecular flexibility index (Phi) is 14.6. The van der Waals surface area contributed by atoms with Gasteiger partial charge in [0.05, 0.1) is 0 Å². The van der Waals surface area contributed by atoms with Crippen LogP contribution in [0.1, 0.15) is 39.0 Å². The molecule has 0 aliphatic heterocycles. The molecule has 11 nitrogen and oxygen atoms in total. The van der Waals surface area contributed by atoms with Crippen molar-refractivity contribution in [1.82, 2.24) is 0 Å². The maximum atomic E-state index is 13.2. The third-order valence-electron chi connectivity index (χ3n) is 10.1. The Balaban J connectivity index is 2.08. The molecule has 0 saturated heterocycles. The number of hydrogen-bond acceptors (Lipinski definition) is 10. The Morgan fingerprint density at radius 3 is 1.65 bits per heavy atom. The van der Waals surface area contributed by atoms with E-state index in [-0.39, 0.29) is 11.8 Å². The van der Waals surface area contributed by atoms with E-state index in [0.29, 0.717) is 55.5 Å². The van der Waals surface area contributed by atoms with Gasteiger partial charge in [-0.2, -0.15) is 0 Å². The molecule has 0 spiro atoms. The molecule has 0 radical (unpaired) electrons. The minimum atomic E-state index is -3.46. The Morgan fingerprint density at radius 2 is 1.20 bits per heavy atom. The van der Waals surface area contributed by atoms with Gasteiger partial charge in [-0.3, -0.25) is 0 Å². The molecule has 1 aromatic rings. The molecule has 282 valence electrons. The second kappa shape index (κ2) is 18.6. The van der Waals surface area contributed by atoms with Crippen LogP contribution in [-0.2, 0) is 47.4 Å². The average Bonchev–Trinajstić information content (AvgIpc) is 3.17. The van der Waals surface area contributed by atoms with Crippen molar-refractivity contribution in [3.63, 3.8) is 0 Å². The molecule has 4 atom stereocenters. The van der Waals surface area contributed by atoms with E-state index in [4.69, 9.17) is 42.6 Å². The molecule has 12 heteroatoms. The number of anilines is 1. The van der Waals surface area contributed by atoms with Gasteiger partial charge < -0.3 is 0 Å². The zero-order chi connectivity index (χ0) is 37.1. The molecular formula is C39H56NO10P. The fraction of sp³-hybridized carbons (Fsp3) is 0.513. The first kappa shape index (κ1) is 40.0. The van der Waals surface area contributed by atoms with Crippen molar-refractivity contribution in [3.8, 4) is 0 Å². The summed E-state index contributed by atoms with van der Waals surface area (Å²) >= 11 is 0. The van der Waals surface area contributed by atoms with Gasteiger partial charge >= 0.3 is 304 Å². The Bertz CT molecular complexity index is 1510. The molecule has 1 N–H and O–H groups in total. The molecule has 3 aliphatic carbocycles. The summed E-state index contributed by atoms with van der Waals surface area (Å²) in [7, 11) is 11.6. The molecule has 51 heavy (non-hydrogen) atoms. The summed E-state index contributed by atoms with van der Waals surface area (Å²) in [5.41, 5.74) is 0.766. The summed E-state index contributed by atoms with van der Waals surface area (Å²) in [6.07, 6.45) is 7.77. The predicted octanol–water partition coefficient (Wildman–Crippen LogP) is 7.21. The van der Waals surface area contributed by atoms with Crippen molar-refractivity contribution in [3.05, 3.63) is 99.1 Å². The van der Waals surface area contributed by atoms with E-state index >= 15 is 0 Å². The molecule has 1 aromatic carbocycles. The van der Waals surface area contributed by atoms with Crippen molar-refractivity contribution >= 4 is 18.9 Å². The van der Waals surface area contributed by atoms with E-state index in [1.54, 1.807) is 64.0 Å². The van der Waals surface area contributed by atoms with Crippen molar-refractivity contribution in [1.29, 1.82) is 0 Å². The molecule has 3 aliphatic rings. The number of hydrogen-bond donors (Lipinski definition) is 1. The number of unbranched alkanes of at least 4 members (excludes halogenated alkanes) is 1. The fourth-order valence-electron chi connectivity index (χ4n) is 7.77. The number of carbonyl (C=O) groups excluding carboxylic acids is 1. The zero-order valence-corrected chi connectivity index (χ0v) is 32.8. The number of nitrogens with one attached hydrogen (secondary N) is 1. The maximum absolute atomic E-state index is 13.2. The molecule has 1 unspecified atom stereocenters. The van der Waals surface area contributed by atoms with E-state index in [9.17, 15) is 4.79 Å². The van der Waals surface area contributed by atoms with Crippen LogP contribution < -0.4 is 5.32 Å². The minimum absolute atomic E-state index is 0.0483. The quantitative estimate of drug-likeness (QED) is 0.123. The summed E-state index contributed by atoms with van der Waals surface area (Å²) in [4.78, 5) is 13.2. The van der Waals surface area contributed by atoms with Crippen molar-refractivity contribution in [2.45, 2.75) is 57.3 Å². The summed E-state index contributed by atoms with van der Waals surface area (Å²) in [6, 6.07) is 9.49. The number of allylic oxidation sites excluding steroid dienone is 3. The van der Waals surface area contributed by atoms with Gasteiger partial charge in [0, 0.05) is 0 Å². The molecule has 0 heterocycles. The molecule has 4 rings (SSSR count). The first-order valence-electron chi connectivity index (χ1n) is 17.2. The van der Waals surface area contributed by atoms with Crippen molar-refractivity contribution in [2.75, 3.05) is 75.5 Å². The van der Waals surface area contributed by atoms with Crippen LogP contribution in [0.5, 0.6) is 0 Å². The zero-order valence-electron chi connectivity index (χ0n) is 31.8. The van der Waals surface area contributed by atoms with Crippen LogP contribution in [0.25, 0.3) is 0 Å². The van der Waals surface area contributed by atoms with Gasteiger partial charge in [-0.15, -0.1) is 0 Å². The second-order valence-electron chi connectivity index (χ2n) is 12.7. The van der Waals surface area contributed by atoms with E-state index in [0.717, 1.165) is 38.9 Å². The average molecular weight is 730 g/mol. The first-order chi connectivity index (χ1) is 24.7. The number of para-hydroxylation sites is 1. The van der Waals surface area contributed by atoms with Crippen LogP contribution >= 0.6 is 7.26 Å². The number of ether oxygens (including phenoxy) is 9. The van der Waals surface area contributed by atoms with Gasteiger partial charge in [-0.25, -0.2) is 0 Å². The van der Waals surface area contributed by atoms with Crippen LogP contribution in [-0.4, -0.2) is 94.4 Å². The van der Waals surface area contributed by atoms with Crippen LogP contribution in [0, 0.1) is 5.92 Å². The monoisotopic (exact) mass is 729 g/mol. The van der Waals surface area contributed by atoms with Gasteiger partial charge in [0.2, 0.25) is 0 Å². The normalized spacial score (nSPS) is 22.8. The number of amides is 1. The summed E-state index contributed by atoms with van der Waals surface area (Å²) in [5, 5.41) is 5.97. The van der Waals surface area contributed by atoms with Crippen LogP contribution in [0.15, 0.2) is 99.1 Å². The van der Waals surface area contributed by atoms with Crippen molar-refractivity contribution < 1.29 is 47.4 Å². The third-order valence-corrected chi connectivity index (χ3v) is 15.7. The predicted molar refractivity (Wildman–Crippen MR) is 200 cm³/mol. The fourth-order valence-corrected chi connectivity index (χ4v) is 14.4. The standard InChI is InChI=1S/C39H56NO10P/c1-25-29(44-4)24-34(49-9)39(36(25)50-10)51(37-30(45-5)20-27(42-2)21-31(37)46-6,38-32(47-7)22-28(43-3)23-33(38)48-8)19-15-14-18-35(41)40-26-16-12-11-13-17-26/h11-13,16-17,20,22,24-25,31,33,36,51H,14-15,18-19,21,23H2,1-10H3,(H,40,41)/t25?,31-,33-,36-/m0/s1. The molecule has 0 bridgehead atoms. The topological polar surface area (TPSA) is 112 Å². The molecule has 0 saturated carbocycles. The number of benzene rings is 1. The van der Waals surface area contributed by atoms with E-state index in [1.807, 2.05) is 48.6 Å². The van der Waals surface area contributed by atoms with Gasteiger partial charge in [0.25, 0.3) is 0 Å². The van der Waals surface area contributed by atoms with Gasteiger partial charge in [-0.05, 0) is 0 Å². The second-order valence-corrected chi connectivity index (χ2v) is 16.6. The summed E-state index contributed by atoms with van der Waals surface area (Å²) in [5.74, 6) is 3.93. The molecule has 0 fully saturated rings. The third kappa shape index (κ3) is 8.33. The summed E-state index contributed by atoms with van der Waals surface area (Å²) < 4.78 is 55.5. The number of rotatable bonds is 18. The SMILES string of the molecule is COC1=CC(OC)=C([PH](CCCCC(=O)Nc2ccccc2)(C2=C(OC)C=C(OC)C[C@@H]2OC)C2=C(OC)C=C(OC)C(C)[C@@H]2OC)[C@@H](OC)C1. The van der Waals surface area contributed by atoms with Gasteiger partial charge in [0.15, 0.2) is 0 Å². The van der Waals surface area contributed by atoms with Crippen LogP contribution in [0.2, 0.25) is 0 Å². The van der Waals surface area contributed by atoms with Crippen LogP contribution in [0.3, 0.4) is 0 Å². The molecular weight excluding hydrogens is 673 g/mol. The van der Waals surface area contributed by atoms with Gasteiger partial charge in [0.1, 0.15) is 0 Å². The Labute approximate surface area is 303 Å². The van der Waals surface area contributed by atoms with Crippen molar-refractivity contribution in [2.24, 2.45) is 5.92 Å². The van der Waals surface area contributed by atoms with Crippen LogP contribution in [0.4, 0.5) is 5.69 Å². The molecule has 0 aromatic heterocycles.